The Kier molecular flexibility index (Phi) is 6.17. The van der Waals surface area contributed by atoms with E-state index < -0.39 is 5.97 Å². The lowest BCUT2D eigenvalue weighted by molar-refractivity contribution is 0.0697. The second-order valence-corrected chi connectivity index (χ2v) is 5.24. The van der Waals surface area contributed by atoms with Gasteiger partial charge in [0.25, 0.3) is 0 Å². The molecule has 0 aliphatic heterocycles. The van der Waals surface area contributed by atoms with Crippen LogP contribution in [0, 0.1) is 12.8 Å². The summed E-state index contributed by atoms with van der Waals surface area (Å²) in [5, 5.41) is 14.5. The van der Waals surface area contributed by atoms with Gasteiger partial charge in [0, 0.05) is 12.8 Å². The van der Waals surface area contributed by atoms with Gasteiger partial charge in [-0.05, 0) is 30.5 Å². The number of carboxylic acids is 1. The lowest BCUT2D eigenvalue weighted by Gasteiger charge is -2.22. The summed E-state index contributed by atoms with van der Waals surface area (Å²) in [6, 6.07) is 4.11. The highest BCUT2D eigenvalue weighted by atomic mass is 16.5. The number of rotatable bonds is 6. The predicted octanol–water partition coefficient (Wildman–Crippen LogP) is 2.49. The first-order valence-corrected chi connectivity index (χ1v) is 6.75. The molecule has 1 aromatic carbocycles. The minimum Gasteiger partial charge on any atom is -0.478 e. The molecule has 0 bridgehead atoms. The molecule has 0 aliphatic rings. The number of aryl methyl sites for hydroxylation is 1. The highest BCUT2D eigenvalue weighted by Crippen LogP contribution is 2.17. The van der Waals surface area contributed by atoms with Gasteiger partial charge in [0.05, 0.1) is 18.2 Å². The largest absolute Gasteiger partial charge is 0.478 e. The van der Waals surface area contributed by atoms with Crippen LogP contribution in [0.25, 0.3) is 0 Å². The van der Waals surface area contributed by atoms with Crippen molar-refractivity contribution in [2.75, 3.05) is 19.0 Å². The Bertz CT molecular complexity index is 514. The van der Waals surface area contributed by atoms with Gasteiger partial charge in [-0.1, -0.05) is 19.9 Å². The van der Waals surface area contributed by atoms with E-state index in [1.54, 1.807) is 20.1 Å². The molecule has 1 rings (SSSR count). The molecule has 0 fully saturated rings. The fourth-order valence-corrected chi connectivity index (χ4v) is 1.80. The fourth-order valence-electron chi connectivity index (χ4n) is 1.80. The van der Waals surface area contributed by atoms with Crippen LogP contribution < -0.4 is 10.6 Å². The third-order valence-corrected chi connectivity index (χ3v) is 3.20. The quantitative estimate of drug-likeness (QED) is 0.752. The number of ether oxygens (including phenoxy) is 1. The highest BCUT2D eigenvalue weighted by Gasteiger charge is 2.16. The van der Waals surface area contributed by atoms with Crippen LogP contribution in [0.3, 0.4) is 0 Å². The Balaban J connectivity index is 2.78. The lowest BCUT2D eigenvalue weighted by atomic mass is 10.1. The van der Waals surface area contributed by atoms with Crippen molar-refractivity contribution in [2.45, 2.75) is 26.8 Å². The van der Waals surface area contributed by atoms with Crippen LogP contribution in [0.5, 0.6) is 0 Å². The van der Waals surface area contributed by atoms with Gasteiger partial charge in [0.2, 0.25) is 0 Å². The van der Waals surface area contributed by atoms with Crippen LogP contribution >= 0.6 is 0 Å². The first kappa shape index (κ1) is 17.0. The topological polar surface area (TPSA) is 87.7 Å². The predicted molar refractivity (Wildman–Crippen MR) is 80.8 cm³/mol. The van der Waals surface area contributed by atoms with Crippen molar-refractivity contribution < 1.29 is 19.4 Å². The zero-order valence-corrected chi connectivity index (χ0v) is 12.8. The van der Waals surface area contributed by atoms with Gasteiger partial charge in [-0.25, -0.2) is 9.59 Å². The molecule has 2 amide bonds. The normalized spacial score (nSPS) is 12.0. The van der Waals surface area contributed by atoms with Crippen LogP contribution in [0.4, 0.5) is 10.5 Å². The first-order valence-electron chi connectivity index (χ1n) is 6.75. The van der Waals surface area contributed by atoms with E-state index in [0.29, 0.717) is 12.3 Å². The number of anilines is 1. The molecule has 0 saturated carbocycles. The minimum atomic E-state index is -1.03. The summed E-state index contributed by atoms with van der Waals surface area (Å²) < 4.78 is 5.07. The van der Waals surface area contributed by atoms with E-state index in [-0.39, 0.29) is 23.6 Å². The molecule has 6 heteroatoms. The Morgan fingerprint density at radius 1 is 1.33 bits per heavy atom. The summed E-state index contributed by atoms with van der Waals surface area (Å²) in [4.78, 5) is 23.0. The second kappa shape index (κ2) is 7.64. The summed E-state index contributed by atoms with van der Waals surface area (Å²) in [5.74, 6) is -0.806. The molecular formula is C15H22N2O4. The van der Waals surface area contributed by atoms with Gasteiger partial charge in [0.1, 0.15) is 0 Å². The number of hydrogen-bond donors (Lipinski definition) is 3. The Labute approximate surface area is 124 Å². The van der Waals surface area contributed by atoms with Crippen LogP contribution in [0.15, 0.2) is 18.2 Å². The molecule has 3 N–H and O–H groups in total. The molecular weight excluding hydrogens is 272 g/mol. The number of carboxylic acid groups (broad SMARTS) is 1. The smallest absolute Gasteiger partial charge is 0.335 e. The standard InChI is InChI=1S/C15H22N2O4/c1-9(2)13(8-21-4)17-15(20)16-12-7-11(14(18)19)6-5-10(12)3/h5-7,9,13H,8H2,1-4H3,(H,18,19)(H2,16,17,20). The summed E-state index contributed by atoms with van der Waals surface area (Å²) in [6.07, 6.45) is 0. The van der Waals surface area contributed by atoms with E-state index in [2.05, 4.69) is 10.6 Å². The van der Waals surface area contributed by atoms with Gasteiger partial charge in [-0.2, -0.15) is 0 Å². The van der Waals surface area contributed by atoms with E-state index in [4.69, 9.17) is 9.84 Å². The monoisotopic (exact) mass is 294 g/mol. The number of hydrogen-bond acceptors (Lipinski definition) is 3. The molecule has 0 radical (unpaired) electrons. The molecule has 0 aliphatic carbocycles. The molecule has 21 heavy (non-hydrogen) atoms. The van der Waals surface area contributed by atoms with E-state index in [1.165, 1.54) is 12.1 Å². The zero-order valence-electron chi connectivity index (χ0n) is 12.8. The number of urea groups is 1. The molecule has 0 spiro atoms. The lowest BCUT2D eigenvalue weighted by Crippen LogP contribution is -2.43. The van der Waals surface area contributed by atoms with Gasteiger partial charge >= 0.3 is 12.0 Å². The number of methoxy groups -OCH3 is 1. The van der Waals surface area contributed by atoms with Crippen molar-refractivity contribution in [1.29, 1.82) is 0 Å². The van der Waals surface area contributed by atoms with E-state index >= 15 is 0 Å². The summed E-state index contributed by atoms with van der Waals surface area (Å²) >= 11 is 0. The maximum Gasteiger partial charge on any atom is 0.335 e. The molecule has 1 aromatic rings. The van der Waals surface area contributed by atoms with E-state index in [1.807, 2.05) is 13.8 Å². The average Bonchev–Trinajstić information content (AvgIpc) is 2.40. The Morgan fingerprint density at radius 2 is 2.00 bits per heavy atom. The number of benzene rings is 1. The average molecular weight is 294 g/mol. The van der Waals surface area contributed by atoms with Crippen LogP contribution in [0.1, 0.15) is 29.8 Å². The van der Waals surface area contributed by atoms with Crippen molar-refractivity contribution in [3.8, 4) is 0 Å². The van der Waals surface area contributed by atoms with Gasteiger partial charge in [-0.3, -0.25) is 0 Å². The summed E-state index contributed by atoms with van der Waals surface area (Å²) in [5.41, 5.74) is 1.41. The van der Waals surface area contributed by atoms with Crippen molar-refractivity contribution in [1.82, 2.24) is 5.32 Å². The molecule has 0 heterocycles. The number of carbonyl (C=O) groups is 2. The molecule has 6 nitrogen and oxygen atoms in total. The number of carbonyl (C=O) groups excluding carboxylic acids is 1. The first-order chi connectivity index (χ1) is 9.85. The van der Waals surface area contributed by atoms with Gasteiger partial charge < -0.3 is 20.5 Å². The molecule has 1 unspecified atom stereocenters. The van der Waals surface area contributed by atoms with Crippen molar-refractivity contribution in [3.63, 3.8) is 0 Å². The van der Waals surface area contributed by atoms with Gasteiger partial charge in [0.15, 0.2) is 0 Å². The maximum absolute atomic E-state index is 12.0. The molecule has 1 atom stereocenters. The number of nitrogens with one attached hydrogen (secondary N) is 2. The highest BCUT2D eigenvalue weighted by molar-refractivity contribution is 5.94. The Hall–Kier alpha value is -2.08. The summed E-state index contributed by atoms with van der Waals surface area (Å²) in [6.45, 7) is 6.19. The fraction of sp³-hybridized carbons (Fsp3) is 0.467. The van der Waals surface area contributed by atoms with Crippen molar-refractivity contribution in [3.05, 3.63) is 29.3 Å². The summed E-state index contributed by atoms with van der Waals surface area (Å²) in [7, 11) is 1.58. The SMILES string of the molecule is COCC(NC(=O)Nc1cc(C(=O)O)ccc1C)C(C)C. The van der Waals surface area contributed by atoms with Crippen LogP contribution in [0.2, 0.25) is 0 Å². The number of aromatic carboxylic acids is 1. The molecule has 116 valence electrons. The van der Waals surface area contributed by atoms with Crippen LogP contribution in [-0.4, -0.2) is 36.9 Å². The zero-order chi connectivity index (χ0) is 16.0. The third-order valence-electron chi connectivity index (χ3n) is 3.20. The maximum atomic E-state index is 12.0. The molecule has 0 saturated heterocycles. The Morgan fingerprint density at radius 3 is 2.52 bits per heavy atom. The number of amides is 2. The minimum absolute atomic E-state index is 0.113. The van der Waals surface area contributed by atoms with E-state index in [9.17, 15) is 9.59 Å². The van der Waals surface area contributed by atoms with E-state index in [0.717, 1.165) is 5.56 Å². The third kappa shape index (κ3) is 5.07. The van der Waals surface area contributed by atoms with Crippen LogP contribution in [-0.2, 0) is 4.74 Å². The van der Waals surface area contributed by atoms with Crippen molar-refractivity contribution in [2.24, 2.45) is 5.92 Å². The van der Waals surface area contributed by atoms with Gasteiger partial charge in [-0.15, -0.1) is 0 Å². The molecule has 0 aromatic heterocycles. The second-order valence-electron chi connectivity index (χ2n) is 5.24. The van der Waals surface area contributed by atoms with Crippen molar-refractivity contribution >= 4 is 17.7 Å².